The van der Waals surface area contributed by atoms with Gasteiger partial charge in [-0.05, 0) is 17.2 Å². The van der Waals surface area contributed by atoms with E-state index in [4.69, 9.17) is 9.47 Å². The lowest BCUT2D eigenvalue weighted by Crippen LogP contribution is -2.24. The van der Waals surface area contributed by atoms with Gasteiger partial charge in [0.25, 0.3) is 0 Å². The quantitative estimate of drug-likeness (QED) is 0.856. The van der Waals surface area contributed by atoms with Crippen molar-refractivity contribution < 1.29 is 9.47 Å². The summed E-state index contributed by atoms with van der Waals surface area (Å²) in [5, 5.41) is 9.19. The highest BCUT2D eigenvalue weighted by molar-refractivity contribution is 5.46. The Bertz CT molecular complexity index is 661. The molecule has 0 spiro atoms. The zero-order valence-electron chi connectivity index (χ0n) is 12.0. The van der Waals surface area contributed by atoms with Crippen molar-refractivity contribution in [2.24, 2.45) is 0 Å². The Balaban J connectivity index is 2.00. The maximum Gasteiger partial charge on any atom is 0.126 e. The molecule has 3 nitrogen and oxygen atoms in total. The highest BCUT2D eigenvalue weighted by atomic mass is 16.5. The van der Waals surface area contributed by atoms with Gasteiger partial charge in [0.15, 0.2) is 0 Å². The number of hydrogen-bond acceptors (Lipinski definition) is 3. The molecule has 0 fully saturated rings. The first kappa shape index (κ1) is 13.5. The fourth-order valence-corrected chi connectivity index (χ4v) is 2.96. The summed E-state index contributed by atoms with van der Waals surface area (Å²) in [4.78, 5) is 0. The van der Waals surface area contributed by atoms with Gasteiger partial charge in [0.1, 0.15) is 11.5 Å². The molecule has 2 atom stereocenters. The van der Waals surface area contributed by atoms with Gasteiger partial charge in [0.05, 0.1) is 19.8 Å². The molecular weight excluding hydrogens is 262 g/mol. The van der Waals surface area contributed by atoms with Crippen molar-refractivity contribution in [1.82, 2.24) is 0 Å². The van der Waals surface area contributed by atoms with Crippen LogP contribution in [0.15, 0.2) is 48.5 Å². The van der Waals surface area contributed by atoms with Crippen molar-refractivity contribution in [2.75, 3.05) is 13.7 Å². The molecule has 1 heterocycles. The van der Waals surface area contributed by atoms with E-state index >= 15 is 0 Å². The summed E-state index contributed by atoms with van der Waals surface area (Å²) in [6, 6.07) is 18.4. The molecule has 106 valence electrons. The second-order valence-electron chi connectivity index (χ2n) is 5.20. The molecule has 0 saturated heterocycles. The predicted molar refractivity (Wildman–Crippen MR) is 80.6 cm³/mol. The smallest absolute Gasteiger partial charge is 0.126 e. The molecule has 2 unspecified atom stereocenters. The van der Waals surface area contributed by atoms with Crippen molar-refractivity contribution >= 4 is 0 Å². The van der Waals surface area contributed by atoms with E-state index in [1.54, 1.807) is 7.11 Å². The first-order valence-electron chi connectivity index (χ1n) is 7.06. The van der Waals surface area contributed by atoms with Gasteiger partial charge in [-0.1, -0.05) is 36.4 Å². The molecule has 0 aliphatic carbocycles. The van der Waals surface area contributed by atoms with Crippen LogP contribution in [0.1, 0.15) is 29.4 Å². The molecule has 1 aliphatic rings. The molecule has 3 rings (SSSR count). The second kappa shape index (κ2) is 5.88. The standard InChI is InChI=1S/C18H17NO2/c1-20-14-7-8-16-15(9-10-19)17(12-21-18(16)11-14)13-5-3-2-4-6-13/h2-8,11,15,17H,9,12H2,1H3. The van der Waals surface area contributed by atoms with Crippen molar-refractivity contribution in [2.45, 2.75) is 18.3 Å². The van der Waals surface area contributed by atoms with Gasteiger partial charge in [-0.2, -0.15) is 5.26 Å². The van der Waals surface area contributed by atoms with Crippen LogP contribution >= 0.6 is 0 Å². The van der Waals surface area contributed by atoms with E-state index in [0.717, 1.165) is 17.1 Å². The maximum atomic E-state index is 9.19. The molecule has 2 aromatic rings. The van der Waals surface area contributed by atoms with E-state index in [-0.39, 0.29) is 11.8 Å². The van der Waals surface area contributed by atoms with Crippen LogP contribution in [0.4, 0.5) is 0 Å². The average Bonchev–Trinajstić information content (AvgIpc) is 2.55. The number of hydrogen-bond donors (Lipinski definition) is 0. The van der Waals surface area contributed by atoms with Gasteiger partial charge in [-0.15, -0.1) is 0 Å². The Morgan fingerprint density at radius 3 is 2.76 bits per heavy atom. The van der Waals surface area contributed by atoms with E-state index in [1.807, 2.05) is 36.4 Å². The third kappa shape index (κ3) is 2.57. The van der Waals surface area contributed by atoms with E-state index in [9.17, 15) is 5.26 Å². The van der Waals surface area contributed by atoms with Gasteiger partial charge in [-0.3, -0.25) is 0 Å². The van der Waals surface area contributed by atoms with Crippen molar-refractivity contribution in [3.63, 3.8) is 0 Å². The van der Waals surface area contributed by atoms with Crippen LogP contribution < -0.4 is 9.47 Å². The van der Waals surface area contributed by atoms with Crippen LogP contribution in [-0.4, -0.2) is 13.7 Å². The molecule has 0 aromatic heterocycles. The molecule has 3 heteroatoms. The fraction of sp³-hybridized carbons (Fsp3) is 0.278. The SMILES string of the molecule is COc1ccc2c(c1)OCC(c1ccccc1)C2CC#N. The van der Waals surface area contributed by atoms with E-state index in [1.165, 1.54) is 5.56 Å². The van der Waals surface area contributed by atoms with Crippen LogP contribution in [0.25, 0.3) is 0 Å². The van der Waals surface area contributed by atoms with E-state index in [2.05, 4.69) is 18.2 Å². The molecule has 0 N–H and O–H groups in total. The minimum Gasteiger partial charge on any atom is -0.497 e. The minimum absolute atomic E-state index is 0.159. The summed E-state index contributed by atoms with van der Waals surface area (Å²) < 4.78 is 11.2. The van der Waals surface area contributed by atoms with Gasteiger partial charge >= 0.3 is 0 Å². The minimum atomic E-state index is 0.159. The summed E-state index contributed by atoms with van der Waals surface area (Å²) in [5.41, 5.74) is 2.32. The normalized spacial score (nSPS) is 20.0. The van der Waals surface area contributed by atoms with Gasteiger partial charge in [0.2, 0.25) is 0 Å². The first-order valence-corrected chi connectivity index (χ1v) is 7.06. The molecule has 0 bridgehead atoms. The molecule has 0 amide bonds. The number of nitrogens with zero attached hydrogens (tertiary/aromatic N) is 1. The van der Waals surface area contributed by atoms with E-state index in [0.29, 0.717) is 13.0 Å². The highest BCUT2D eigenvalue weighted by Gasteiger charge is 2.32. The second-order valence-corrected chi connectivity index (χ2v) is 5.20. The number of ether oxygens (including phenoxy) is 2. The van der Waals surface area contributed by atoms with Crippen LogP contribution in [-0.2, 0) is 0 Å². The van der Waals surface area contributed by atoms with Crippen molar-refractivity contribution in [1.29, 1.82) is 5.26 Å². The lowest BCUT2D eigenvalue weighted by molar-refractivity contribution is 0.237. The summed E-state index contributed by atoms with van der Waals surface area (Å²) in [6.07, 6.45) is 0.488. The Hall–Kier alpha value is -2.47. The molecule has 0 saturated carbocycles. The first-order chi connectivity index (χ1) is 10.3. The zero-order chi connectivity index (χ0) is 14.7. The number of nitriles is 1. The van der Waals surface area contributed by atoms with Crippen LogP contribution in [0.2, 0.25) is 0 Å². The fourth-order valence-electron chi connectivity index (χ4n) is 2.96. The van der Waals surface area contributed by atoms with E-state index < -0.39 is 0 Å². The maximum absolute atomic E-state index is 9.19. The third-order valence-corrected chi connectivity index (χ3v) is 4.06. The number of benzene rings is 2. The average molecular weight is 279 g/mol. The molecule has 0 radical (unpaired) electrons. The summed E-state index contributed by atoms with van der Waals surface area (Å²) in [7, 11) is 1.64. The monoisotopic (exact) mass is 279 g/mol. The van der Waals surface area contributed by atoms with Gasteiger partial charge < -0.3 is 9.47 Å². The molecular formula is C18H17NO2. The van der Waals surface area contributed by atoms with Gasteiger partial charge in [0, 0.05) is 24.3 Å². The van der Waals surface area contributed by atoms with Crippen LogP contribution in [0.3, 0.4) is 0 Å². The Morgan fingerprint density at radius 1 is 1.24 bits per heavy atom. The summed E-state index contributed by atoms with van der Waals surface area (Å²) in [5.74, 6) is 1.99. The third-order valence-electron chi connectivity index (χ3n) is 4.06. The summed E-state index contributed by atoms with van der Waals surface area (Å²) >= 11 is 0. The lowest BCUT2D eigenvalue weighted by Gasteiger charge is -2.33. The Labute approximate surface area is 124 Å². The van der Waals surface area contributed by atoms with Crippen molar-refractivity contribution in [3.8, 4) is 17.6 Å². The molecule has 21 heavy (non-hydrogen) atoms. The van der Waals surface area contributed by atoms with Crippen molar-refractivity contribution in [3.05, 3.63) is 59.7 Å². The van der Waals surface area contributed by atoms with Gasteiger partial charge in [-0.25, -0.2) is 0 Å². The summed E-state index contributed by atoms with van der Waals surface area (Å²) in [6.45, 7) is 0.594. The predicted octanol–water partition coefficient (Wildman–Crippen LogP) is 3.87. The number of fused-ring (bicyclic) bond motifs is 1. The number of rotatable bonds is 3. The topological polar surface area (TPSA) is 42.2 Å². The van der Waals surface area contributed by atoms with Crippen LogP contribution in [0, 0.1) is 11.3 Å². The van der Waals surface area contributed by atoms with Crippen LogP contribution in [0.5, 0.6) is 11.5 Å². The zero-order valence-corrected chi connectivity index (χ0v) is 12.0. The Kier molecular flexibility index (Phi) is 3.79. The Morgan fingerprint density at radius 2 is 2.05 bits per heavy atom. The molecule has 2 aromatic carbocycles. The largest absolute Gasteiger partial charge is 0.497 e. The highest BCUT2D eigenvalue weighted by Crippen LogP contribution is 2.44. The lowest BCUT2D eigenvalue weighted by atomic mass is 9.78. The molecule has 1 aliphatic heterocycles. The number of methoxy groups -OCH3 is 1.